The van der Waals surface area contributed by atoms with Crippen molar-refractivity contribution < 1.29 is 17.2 Å². The first-order chi connectivity index (χ1) is 5.99. The van der Waals surface area contributed by atoms with Crippen LogP contribution in [0.3, 0.4) is 0 Å². The highest BCUT2D eigenvalue weighted by molar-refractivity contribution is 7.85. The summed E-state index contributed by atoms with van der Waals surface area (Å²) in [6.45, 7) is 1.79. The van der Waals surface area contributed by atoms with Crippen molar-refractivity contribution in [1.29, 1.82) is 0 Å². The SMILES string of the molecule is Cc1nonc1CCOS(C)(=O)=O. The molecule has 1 aromatic rings. The topological polar surface area (TPSA) is 82.3 Å². The first-order valence-electron chi connectivity index (χ1n) is 3.61. The van der Waals surface area contributed by atoms with Crippen molar-refractivity contribution in [3.8, 4) is 0 Å². The van der Waals surface area contributed by atoms with Crippen LogP contribution in [0.2, 0.25) is 0 Å². The van der Waals surface area contributed by atoms with Crippen LogP contribution in [0.4, 0.5) is 0 Å². The van der Waals surface area contributed by atoms with E-state index in [2.05, 4.69) is 19.1 Å². The third-order valence-electron chi connectivity index (χ3n) is 1.38. The maximum absolute atomic E-state index is 10.6. The largest absolute Gasteiger partial charge is 0.270 e. The van der Waals surface area contributed by atoms with Gasteiger partial charge in [0.15, 0.2) is 0 Å². The van der Waals surface area contributed by atoms with Gasteiger partial charge >= 0.3 is 0 Å². The summed E-state index contributed by atoms with van der Waals surface area (Å²) in [4.78, 5) is 0. The Hall–Kier alpha value is -0.950. The Balaban J connectivity index is 2.41. The summed E-state index contributed by atoms with van der Waals surface area (Å²) in [5, 5.41) is 7.12. The van der Waals surface area contributed by atoms with Crippen LogP contribution in [0.15, 0.2) is 4.63 Å². The van der Waals surface area contributed by atoms with Crippen molar-refractivity contribution in [3.05, 3.63) is 11.4 Å². The lowest BCUT2D eigenvalue weighted by Gasteiger charge is -1.97. The van der Waals surface area contributed by atoms with Crippen LogP contribution in [0, 0.1) is 6.92 Å². The lowest BCUT2D eigenvalue weighted by molar-refractivity contribution is 0.293. The van der Waals surface area contributed by atoms with Gasteiger partial charge in [0, 0.05) is 6.42 Å². The zero-order chi connectivity index (χ0) is 9.90. The van der Waals surface area contributed by atoms with E-state index in [9.17, 15) is 8.42 Å². The minimum atomic E-state index is -3.37. The molecule has 0 fully saturated rings. The Labute approximate surface area is 76.0 Å². The molecule has 0 N–H and O–H groups in total. The summed E-state index contributed by atoms with van der Waals surface area (Å²) in [6.07, 6.45) is 1.38. The number of nitrogens with zero attached hydrogens (tertiary/aromatic N) is 2. The molecule has 0 saturated carbocycles. The molecule has 0 aliphatic heterocycles. The fourth-order valence-corrected chi connectivity index (χ4v) is 1.15. The molecule has 74 valence electrons. The second-order valence-corrected chi connectivity index (χ2v) is 4.22. The predicted molar refractivity (Wildman–Crippen MR) is 43.5 cm³/mol. The highest BCUT2D eigenvalue weighted by atomic mass is 32.2. The fourth-order valence-electron chi connectivity index (χ4n) is 0.766. The van der Waals surface area contributed by atoms with Crippen molar-refractivity contribution in [2.24, 2.45) is 0 Å². The maximum atomic E-state index is 10.6. The molecule has 0 radical (unpaired) electrons. The van der Waals surface area contributed by atoms with Crippen LogP contribution < -0.4 is 0 Å². The van der Waals surface area contributed by atoms with Crippen LogP contribution >= 0.6 is 0 Å². The fraction of sp³-hybridized carbons (Fsp3) is 0.667. The molecule has 6 nitrogen and oxygen atoms in total. The molecule has 1 aromatic heterocycles. The third-order valence-corrected chi connectivity index (χ3v) is 1.98. The minimum absolute atomic E-state index is 0.0634. The highest BCUT2D eigenvalue weighted by Gasteiger charge is 2.07. The lowest BCUT2D eigenvalue weighted by Crippen LogP contribution is -2.06. The molecule has 0 saturated heterocycles. The zero-order valence-electron chi connectivity index (χ0n) is 7.35. The van der Waals surface area contributed by atoms with E-state index >= 15 is 0 Å². The first-order valence-corrected chi connectivity index (χ1v) is 5.43. The van der Waals surface area contributed by atoms with E-state index in [4.69, 9.17) is 0 Å². The van der Waals surface area contributed by atoms with E-state index in [1.165, 1.54) is 0 Å². The van der Waals surface area contributed by atoms with Crippen molar-refractivity contribution in [3.63, 3.8) is 0 Å². The number of aryl methyl sites for hydroxylation is 1. The molecule has 0 bridgehead atoms. The molecule has 0 spiro atoms. The van der Waals surface area contributed by atoms with E-state index in [1.54, 1.807) is 6.92 Å². The van der Waals surface area contributed by atoms with Crippen molar-refractivity contribution in [2.45, 2.75) is 13.3 Å². The second-order valence-electron chi connectivity index (χ2n) is 2.57. The summed E-state index contributed by atoms with van der Waals surface area (Å²) in [6, 6.07) is 0. The van der Waals surface area contributed by atoms with Gasteiger partial charge < -0.3 is 0 Å². The number of hydrogen-bond donors (Lipinski definition) is 0. The van der Waals surface area contributed by atoms with Crippen molar-refractivity contribution >= 4 is 10.1 Å². The van der Waals surface area contributed by atoms with Gasteiger partial charge in [-0.15, -0.1) is 0 Å². The first kappa shape index (κ1) is 10.1. The van der Waals surface area contributed by atoms with Gasteiger partial charge in [-0.1, -0.05) is 10.3 Å². The van der Waals surface area contributed by atoms with Crippen molar-refractivity contribution in [2.75, 3.05) is 12.9 Å². The Morgan fingerprint density at radius 1 is 1.46 bits per heavy atom. The lowest BCUT2D eigenvalue weighted by atomic mass is 10.3. The van der Waals surface area contributed by atoms with Gasteiger partial charge in [-0.25, -0.2) is 4.63 Å². The smallest absolute Gasteiger partial charge is 0.264 e. The summed E-state index contributed by atoms with van der Waals surface area (Å²) in [7, 11) is -3.37. The Morgan fingerprint density at radius 3 is 2.62 bits per heavy atom. The van der Waals surface area contributed by atoms with Crippen LogP contribution in [-0.4, -0.2) is 31.6 Å². The van der Waals surface area contributed by atoms with E-state index in [-0.39, 0.29) is 6.61 Å². The molecule has 1 heterocycles. The van der Waals surface area contributed by atoms with Gasteiger partial charge in [-0.05, 0) is 6.92 Å². The van der Waals surface area contributed by atoms with Gasteiger partial charge in [0.05, 0.1) is 12.9 Å². The number of hydrogen-bond acceptors (Lipinski definition) is 6. The standard InChI is InChI=1S/C6H10N2O4S/c1-5-6(8-12-7-5)3-4-11-13(2,9)10/h3-4H2,1-2H3. The van der Waals surface area contributed by atoms with Gasteiger partial charge in [0.2, 0.25) is 0 Å². The summed E-state index contributed by atoms with van der Waals surface area (Å²) in [5.74, 6) is 0. The molecule has 0 aliphatic carbocycles. The third kappa shape index (κ3) is 3.51. The van der Waals surface area contributed by atoms with Gasteiger partial charge in [0.1, 0.15) is 11.4 Å². The molecule has 0 atom stereocenters. The Bertz CT molecular complexity index is 370. The van der Waals surface area contributed by atoms with E-state index in [0.717, 1.165) is 6.26 Å². The van der Waals surface area contributed by atoms with Crippen molar-refractivity contribution in [1.82, 2.24) is 10.3 Å². The Morgan fingerprint density at radius 2 is 2.15 bits per heavy atom. The average molecular weight is 206 g/mol. The van der Waals surface area contributed by atoms with Gasteiger partial charge in [-0.3, -0.25) is 4.18 Å². The average Bonchev–Trinajstić information content (AvgIpc) is 2.34. The number of rotatable bonds is 4. The van der Waals surface area contributed by atoms with Gasteiger partial charge in [0.25, 0.3) is 10.1 Å². The molecular weight excluding hydrogens is 196 g/mol. The molecule has 0 amide bonds. The van der Waals surface area contributed by atoms with E-state index in [1.807, 2.05) is 0 Å². The second kappa shape index (κ2) is 3.84. The summed E-state index contributed by atoms with van der Waals surface area (Å²) in [5.41, 5.74) is 1.26. The maximum Gasteiger partial charge on any atom is 0.264 e. The quantitative estimate of drug-likeness (QED) is 0.639. The number of aromatic nitrogens is 2. The molecular formula is C6H10N2O4S. The van der Waals surface area contributed by atoms with Crippen LogP contribution in [0.1, 0.15) is 11.4 Å². The Kier molecular flexibility index (Phi) is 2.99. The molecule has 0 aromatic carbocycles. The zero-order valence-corrected chi connectivity index (χ0v) is 8.17. The van der Waals surface area contributed by atoms with E-state index in [0.29, 0.717) is 17.8 Å². The normalized spacial score (nSPS) is 11.8. The van der Waals surface area contributed by atoms with Crippen LogP contribution in [0.5, 0.6) is 0 Å². The predicted octanol–water partition coefficient (Wildman–Crippen LogP) is -0.103. The molecule has 0 aliphatic rings. The monoisotopic (exact) mass is 206 g/mol. The van der Waals surface area contributed by atoms with Crippen LogP contribution in [-0.2, 0) is 20.7 Å². The van der Waals surface area contributed by atoms with Crippen LogP contribution in [0.25, 0.3) is 0 Å². The highest BCUT2D eigenvalue weighted by Crippen LogP contribution is 2.02. The molecule has 1 rings (SSSR count). The molecule has 13 heavy (non-hydrogen) atoms. The summed E-state index contributed by atoms with van der Waals surface area (Å²) < 4.78 is 30.1. The molecule has 0 unspecified atom stereocenters. The minimum Gasteiger partial charge on any atom is -0.270 e. The molecule has 7 heteroatoms. The van der Waals surface area contributed by atoms with Gasteiger partial charge in [-0.2, -0.15) is 8.42 Å². The summed E-state index contributed by atoms with van der Waals surface area (Å²) >= 11 is 0. The van der Waals surface area contributed by atoms with E-state index < -0.39 is 10.1 Å².